The third kappa shape index (κ3) is 2.67. The first kappa shape index (κ1) is 13.4. The second-order valence-electron chi connectivity index (χ2n) is 4.02. The molecule has 1 saturated heterocycles. The number of hydrogen-bond acceptors (Lipinski definition) is 5. The molecular weight excluding hydrogens is 250 g/mol. The van der Waals surface area contributed by atoms with Crippen molar-refractivity contribution in [3.63, 3.8) is 0 Å². The topological polar surface area (TPSA) is 39.7 Å². The average molecular weight is 269 g/mol. The minimum Gasteiger partial charge on any atom is -0.493 e. The molecule has 1 atom stereocenters. The van der Waals surface area contributed by atoms with Gasteiger partial charge in [0.1, 0.15) is 0 Å². The van der Waals surface area contributed by atoms with Crippen LogP contribution < -0.4 is 19.5 Å². The average Bonchev–Trinajstić information content (AvgIpc) is 2.46. The molecule has 1 fully saturated rings. The summed E-state index contributed by atoms with van der Waals surface area (Å²) in [6.45, 7) is 1.05. The molecule has 1 aromatic rings. The first-order valence-electron chi connectivity index (χ1n) is 5.95. The van der Waals surface area contributed by atoms with Crippen LogP contribution >= 0.6 is 11.8 Å². The van der Waals surface area contributed by atoms with E-state index < -0.39 is 0 Å². The van der Waals surface area contributed by atoms with E-state index >= 15 is 0 Å². The third-order valence-corrected chi connectivity index (χ3v) is 4.22. The summed E-state index contributed by atoms with van der Waals surface area (Å²) in [5.41, 5.74) is 1.16. The smallest absolute Gasteiger partial charge is 0.203 e. The zero-order chi connectivity index (χ0) is 13.0. The van der Waals surface area contributed by atoms with E-state index in [1.165, 1.54) is 12.2 Å². The third-order valence-electron chi connectivity index (χ3n) is 2.93. The van der Waals surface area contributed by atoms with Gasteiger partial charge in [0.25, 0.3) is 0 Å². The fourth-order valence-corrected chi connectivity index (χ4v) is 3.14. The van der Waals surface area contributed by atoms with Gasteiger partial charge >= 0.3 is 0 Å². The van der Waals surface area contributed by atoms with Crippen molar-refractivity contribution >= 4 is 11.8 Å². The highest BCUT2D eigenvalue weighted by Gasteiger charge is 2.20. The van der Waals surface area contributed by atoms with Crippen molar-refractivity contribution in [1.82, 2.24) is 5.32 Å². The van der Waals surface area contributed by atoms with Gasteiger partial charge in [-0.3, -0.25) is 0 Å². The highest BCUT2D eigenvalue weighted by atomic mass is 32.2. The molecule has 0 aliphatic carbocycles. The SMILES string of the molecule is COc1cc(C2NCCCS2)cc(OC)c1OC. The Morgan fingerprint density at radius 1 is 1.11 bits per heavy atom. The summed E-state index contributed by atoms with van der Waals surface area (Å²) >= 11 is 1.91. The van der Waals surface area contributed by atoms with Crippen LogP contribution in [0.25, 0.3) is 0 Å². The van der Waals surface area contributed by atoms with Gasteiger partial charge in [-0.05, 0) is 36.4 Å². The van der Waals surface area contributed by atoms with Gasteiger partial charge in [0, 0.05) is 0 Å². The van der Waals surface area contributed by atoms with Crippen molar-refractivity contribution in [2.45, 2.75) is 11.8 Å². The number of rotatable bonds is 4. The normalized spacial score (nSPS) is 19.4. The molecule has 0 bridgehead atoms. The number of ether oxygens (including phenoxy) is 3. The van der Waals surface area contributed by atoms with Gasteiger partial charge in [-0.15, -0.1) is 11.8 Å². The summed E-state index contributed by atoms with van der Waals surface area (Å²) < 4.78 is 16.1. The molecule has 1 N–H and O–H groups in total. The lowest BCUT2D eigenvalue weighted by Gasteiger charge is -2.24. The molecule has 100 valence electrons. The van der Waals surface area contributed by atoms with Crippen molar-refractivity contribution < 1.29 is 14.2 Å². The Morgan fingerprint density at radius 3 is 2.22 bits per heavy atom. The monoisotopic (exact) mass is 269 g/mol. The molecule has 1 unspecified atom stereocenters. The van der Waals surface area contributed by atoms with Gasteiger partial charge in [0.05, 0.1) is 26.7 Å². The van der Waals surface area contributed by atoms with Gasteiger partial charge in [-0.1, -0.05) is 0 Å². The minimum atomic E-state index is 0.299. The maximum absolute atomic E-state index is 5.37. The van der Waals surface area contributed by atoms with Crippen molar-refractivity contribution in [3.8, 4) is 17.2 Å². The van der Waals surface area contributed by atoms with Crippen molar-refractivity contribution in [3.05, 3.63) is 17.7 Å². The van der Waals surface area contributed by atoms with Crippen LogP contribution in [0.15, 0.2) is 12.1 Å². The van der Waals surface area contributed by atoms with E-state index in [4.69, 9.17) is 14.2 Å². The van der Waals surface area contributed by atoms with Crippen LogP contribution in [0, 0.1) is 0 Å². The van der Waals surface area contributed by atoms with Gasteiger partial charge < -0.3 is 19.5 Å². The van der Waals surface area contributed by atoms with Crippen molar-refractivity contribution in [1.29, 1.82) is 0 Å². The molecule has 0 radical (unpaired) electrons. The Morgan fingerprint density at radius 2 is 1.78 bits per heavy atom. The second kappa shape index (κ2) is 6.20. The summed E-state index contributed by atoms with van der Waals surface area (Å²) in [6, 6.07) is 4.02. The lowest BCUT2D eigenvalue weighted by molar-refractivity contribution is 0.323. The highest BCUT2D eigenvalue weighted by molar-refractivity contribution is 7.99. The molecule has 1 heterocycles. The molecule has 1 aromatic carbocycles. The van der Waals surface area contributed by atoms with Crippen LogP contribution in [0.2, 0.25) is 0 Å². The van der Waals surface area contributed by atoms with E-state index in [1.807, 2.05) is 23.9 Å². The maximum Gasteiger partial charge on any atom is 0.203 e. The van der Waals surface area contributed by atoms with Crippen molar-refractivity contribution in [2.75, 3.05) is 33.6 Å². The molecule has 5 heteroatoms. The Bertz CT molecular complexity index is 380. The fraction of sp³-hybridized carbons (Fsp3) is 0.538. The second-order valence-corrected chi connectivity index (χ2v) is 5.23. The Kier molecular flexibility index (Phi) is 4.60. The van der Waals surface area contributed by atoms with E-state index in [0.29, 0.717) is 22.6 Å². The molecule has 0 aromatic heterocycles. The summed E-state index contributed by atoms with van der Waals surface area (Å²) in [6.07, 6.45) is 1.21. The van der Waals surface area contributed by atoms with Crippen LogP contribution in [-0.4, -0.2) is 33.6 Å². The first-order chi connectivity index (χ1) is 8.80. The number of benzene rings is 1. The van der Waals surface area contributed by atoms with Crippen LogP contribution in [0.4, 0.5) is 0 Å². The lowest BCUT2D eigenvalue weighted by atomic mass is 10.1. The largest absolute Gasteiger partial charge is 0.493 e. The highest BCUT2D eigenvalue weighted by Crippen LogP contribution is 2.42. The number of methoxy groups -OCH3 is 3. The molecule has 0 spiro atoms. The van der Waals surface area contributed by atoms with Crippen molar-refractivity contribution in [2.24, 2.45) is 0 Å². The molecule has 1 aliphatic heterocycles. The predicted molar refractivity (Wildman–Crippen MR) is 73.9 cm³/mol. The zero-order valence-electron chi connectivity index (χ0n) is 11.0. The van der Waals surface area contributed by atoms with Crippen LogP contribution in [0.1, 0.15) is 17.4 Å². The zero-order valence-corrected chi connectivity index (χ0v) is 11.8. The standard InChI is InChI=1S/C13H19NO3S/c1-15-10-7-9(13-14-5-4-6-18-13)8-11(16-2)12(10)17-3/h7-8,13-14H,4-6H2,1-3H3. The molecule has 18 heavy (non-hydrogen) atoms. The molecule has 1 aliphatic rings. The van der Waals surface area contributed by atoms with E-state index in [2.05, 4.69) is 5.32 Å². The van der Waals surface area contributed by atoms with E-state index in [-0.39, 0.29) is 0 Å². The Labute approximate surface area is 112 Å². The number of nitrogens with one attached hydrogen (secondary N) is 1. The molecule has 2 rings (SSSR count). The number of hydrogen-bond donors (Lipinski definition) is 1. The van der Waals surface area contributed by atoms with E-state index in [9.17, 15) is 0 Å². The van der Waals surface area contributed by atoms with E-state index in [0.717, 1.165) is 12.1 Å². The quantitative estimate of drug-likeness (QED) is 0.909. The van der Waals surface area contributed by atoms with Crippen LogP contribution in [0.3, 0.4) is 0 Å². The summed E-state index contributed by atoms with van der Waals surface area (Å²) in [5, 5.41) is 3.79. The minimum absolute atomic E-state index is 0.299. The Balaban J connectivity index is 2.35. The molecular formula is C13H19NO3S. The maximum atomic E-state index is 5.37. The van der Waals surface area contributed by atoms with Crippen LogP contribution in [-0.2, 0) is 0 Å². The molecule has 4 nitrogen and oxygen atoms in total. The number of thioether (sulfide) groups is 1. The van der Waals surface area contributed by atoms with Crippen LogP contribution in [0.5, 0.6) is 17.2 Å². The molecule has 0 amide bonds. The first-order valence-corrected chi connectivity index (χ1v) is 7.00. The predicted octanol–water partition coefficient (Wildman–Crippen LogP) is 2.44. The Hall–Kier alpha value is -1.07. The lowest BCUT2D eigenvalue weighted by Crippen LogP contribution is -2.25. The van der Waals surface area contributed by atoms with E-state index in [1.54, 1.807) is 21.3 Å². The van der Waals surface area contributed by atoms with Gasteiger partial charge in [-0.25, -0.2) is 0 Å². The van der Waals surface area contributed by atoms with Gasteiger partial charge in [-0.2, -0.15) is 0 Å². The summed E-state index contributed by atoms with van der Waals surface area (Å²) in [7, 11) is 4.90. The molecule has 0 saturated carbocycles. The summed E-state index contributed by atoms with van der Waals surface area (Å²) in [4.78, 5) is 0. The van der Waals surface area contributed by atoms with Gasteiger partial charge in [0.2, 0.25) is 5.75 Å². The summed E-state index contributed by atoms with van der Waals surface area (Å²) in [5.74, 6) is 3.23. The fourth-order valence-electron chi connectivity index (χ4n) is 2.03. The van der Waals surface area contributed by atoms with Gasteiger partial charge in [0.15, 0.2) is 11.5 Å².